The van der Waals surface area contributed by atoms with E-state index in [-0.39, 0.29) is 12.1 Å². The first-order valence-corrected chi connectivity index (χ1v) is 11.0. The van der Waals surface area contributed by atoms with Crippen LogP contribution in [0, 0.1) is 0 Å². The first-order chi connectivity index (χ1) is 15.2. The lowest BCUT2D eigenvalue weighted by Crippen LogP contribution is -2.51. The van der Waals surface area contributed by atoms with Crippen molar-refractivity contribution in [2.45, 2.75) is 12.1 Å². The van der Waals surface area contributed by atoms with Crippen molar-refractivity contribution < 1.29 is 9.47 Å². The van der Waals surface area contributed by atoms with Crippen molar-refractivity contribution in [2.24, 2.45) is 0 Å². The quantitative estimate of drug-likeness (QED) is 0.555. The van der Waals surface area contributed by atoms with Gasteiger partial charge in [0.2, 0.25) is 0 Å². The van der Waals surface area contributed by atoms with E-state index < -0.39 is 0 Å². The van der Waals surface area contributed by atoms with Gasteiger partial charge in [-0.2, -0.15) is 0 Å². The molecular weight excluding hydrogens is 430 g/mol. The van der Waals surface area contributed by atoms with Crippen molar-refractivity contribution in [2.75, 3.05) is 26.3 Å². The molecule has 1 unspecified atom stereocenters. The van der Waals surface area contributed by atoms with E-state index in [2.05, 4.69) is 39.5 Å². The smallest absolute Gasteiger partial charge is 0.169 e. The monoisotopic (exact) mass is 453 g/mol. The van der Waals surface area contributed by atoms with E-state index in [9.17, 15) is 0 Å². The third-order valence-corrected chi connectivity index (χ3v) is 5.66. The molecule has 2 heterocycles. The van der Waals surface area contributed by atoms with Gasteiger partial charge in [0.25, 0.3) is 0 Å². The SMILES string of the molecule is S=C(NC(c1ccccc1)c1ccccc1)N1CCOC(COc2cncc(Cl)c2)C1. The molecule has 31 heavy (non-hydrogen) atoms. The molecule has 1 atom stereocenters. The molecule has 0 saturated carbocycles. The Morgan fingerprint density at radius 3 is 2.45 bits per heavy atom. The number of halogens is 1. The second kappa shape index (κ2) is 10.6. The average Bonchev–Trinajstić information content (AvgIpc) is 2.82. The second-order valence-electron chi connectivity index (χ2n) is 7.29. The van der Waals surface area contributed by atoms with E-state index in [4.69, 9.17) is 33.3 Å². The normalized spacial score (nSPS) is 16.2. The van der Waals surface area contributed by atoms with Gasteiger partial charge in [-0.05, 0) is 23.3 Å². The Balaban J connectivity index is 1.40. The molecule has 4 rings (SSSR count). The average molecular weight is 454 g/mol. The van der Waals surface area contributed by atoms with Gasteiger partial charge in [0.1, 0.15) is 18.5 Å². The van der Waals surface area contributed by atoms with Crippen LogP contribution in [-0.4, -0.2) is 47.4 Å². The van der Waals surface area contributed by atoms with Crippen LogP contribution in [0.1, 0.15) is 17.2 Å². The van der Waals surface area contributed by atoms with Gasteiger partial charge in [0.15, 0.2) is 5.11 Å². The molecule has 1 saturated heterocycles. The number of benzene rings is 2. The lowest BCUT2D eigenvalue weighted by molar-refractivity contribution is -0.0289. The van der Waals surface area contributed by atoms with Crippen LogP contribution in [-0.2, 0) is 4.74 Å². The fraction of sp³-hybridized carbons (Fsp3) is 0.250. The van der Waals surface area contributed by atoms with Crippen molar-refractivity contribution in [3.05, 3.63) is 95.3 Å². The summed E-state index contributed by atoms with van der Waals surface area (Å²) in [7, 11) is 0. The molecule has 1 fully saturated rings. The summed E-state index contributed by atoms with van der Waals surface area (Å²) in [4.78, 5) is 6.18. The van der Waals surface area contributed by atoms with Gasteiger partial charge in [0, 0.05) is 25.4 Å². The zero-order valence-electron chi connectivity index (χ0n) is 17.0. The third-order valence-electron chi connectivity index (χ3n) is 5.08. The van der Waals surface area contributed by atoms with Crippen LogP contribution in [0.3, 0.4) is 0 Å². The number of hydrogen-bond donors (Lipinski definition) is 1. The molecule has 160 valence electrons. The minimum atomic E-state index is -0.0978. The first-order valence-electron chi connectivity index (χ1n) is 10.2. The molecule has 7 heteroatoms. The largest absolute Gasteiger partial charge is 0.489 e. The third kappa shape index (κ3) is 5.94. The van der Waals surface area contributed by atoms with E-state index in [1.165, 1.54) is 0 Å². The van der Waals surface area contributed by atoms with Crippen molar-refractivity contribution in [3.63, 3.8) is 0 Å². The minimum absolute atomic E-state index is 0.0232. The van der Waals surface area contributed by atoms with Gasteiger partial charge in [0.05, 0.1) is 23.9 Å². The number of ether oxygens (including phenoxy) is 2. The minimum Gasteiger partial charge on any atom is -0.489 e. The van der Waals surface area contributed by atoms with Gasteiger partial charge in [-0.15, -0.1) is 0 Å². The standard InChI is InChI=1S/C24H24ClN3O2S/c25-20-13-21(15-26-14-20)30-17-22-16-28(11-12-29-22)24(31)27-23(18-7-3-1-4-8-18)19-9-5-2-6-10-19/h1-10,13-15,22-23H,11-12,16-17H2,(H,27,31). The van der Waals surface area contributed by atoms with E-state index in [1.54, 1.807) is 18.5 Å². The maximum Gasteiger partial charge on any atom is 0.169 e. The van der Waals surface area contributed by atoms with Gasteiger partial charge < -0.3 is 19.7 Å². The number of rotatable bonds is 6. The molecule has 0 amide bonds. The van der Waals surface area contributed by atoms with E-state index in [1.807, 2.05) is 36.4 Å². The summed E-state index contributed by atoms with van der Waals surface area (Å²) in [5.41, 5.74) is 2.33. The van der Waals surface area contributed by atoms with E-state index >= 15 is 0 Å². The molecule has 2 aromatic carbocycles. The fourth-order valence-corrected chi connectivity index (χ4v) is 3.98. The Kier molecular flexibility index (Phi) is 7.35. The van der Waals surface area contributed by atoms with Crippen LogP contribution >= 0.6 is 23.8 Å². The number of nitrogens with one attached hydrogen (secondary N) is 1. The highest BCUT2D eigenvalue weighted by molar-refractivity contribution is 7.80. The van der Waals surface area contributed by atoms with Crippen LogP contribution in [0.4, 0.5) is 0 Å². The molecule has 1 aliphatic heterocycles. The molecule has 1 aromatic heterocycles. The van der Waals surface area contributed by atoms with Crippen LogP contribution in [0.5, 0.6) is 5.75 Å². The number of aromatic nitrogens is 1. The molecule has 0 bridgehead atoms. The number of thiocarbonyl (C=S) groups is 1. The van der Waals surface area contributed by atoms with Gasteiger partial charge in [-0.1, -0.05) is 72.3 Å². The molecule has 3 aromatic rings. The Labute approximate surface area is 193 Å². The molecule has 5 nitrogen and oxygen atoms in total. The summed E-state index contributed by atoms with van der Waals surface area (Å²) in [6.45, 7) is 2.38. The maximum atomic E-state index is 5.97. The molecule has 0 spiro atoms. The number of morpholine rings is 1. The lowest BCUT2D eigenvalue weighted by Gasteiger charge is -2.36. The predicted octanol–water partition coefficient (Wildman–Crippen LogP) is 4.48. The Morgan fingerprint density at radius 1 is 1.13 bits per heavy atom. The fourth-order valence-electron chi connectivity index (χ4n) is 3.53. The lowest BCUT2D eigenvalue weighted by atomic mass is 9.99. The van der Waals surface area contributed by atoms with Gasteiger partial charge >= 0.3 is 0 Å². The highest BCUT2D eigenvalue weighted by Crippen LogP contribution is 2.23. The zero-order chi connectivity index (χ0) is 21.5. The summed E-state index contributed by atoms with van der Waals surface area (Å²) in [5.74, 6) is 0.627. The van der Waals surface area contributed by atoms with E-state index in [0.29, 0.717) is 35.6 Å². The Bertz CT molecular complexity index is 951. The molecule has 0 radical (unpaired) electrons. The summed E-state index contributed by atoms with van der Waals surface area (Å²) in [5, 5.41) is 4.80. The topological polar surface area (TPSA) is 46.6 Å². The second-order valence-corrected chi connectivity index (χ2v) is 8.12. The first kappa shape index (κ1) is 21.6. The Morgan fingerprint density at radius 2 is 1.81 bits per heavy atom. The zero-order valence-corrected chi connectivity index (χ0v) is 18.6. The van der Waals surface area contributed by atoms with Crippen molar-refractivity contribution in [3.8, 4) is 5.75 Å². The van der Waals surface area contributed by atoms with Crippen LogP contribution in [0.15, 0.2) is 79.1 Å². The number of pyridine rings is 1. The number of nitrogens with zero attached hydrogens (tertiary/aromatic N) is 2. The predicted molar refractivity (Wildman–Crippen MR) is 127 cm³/mol. The van der Waals surface area contributed by atoms with Crippen LogP contribution in [0.2, 0.25) is 5.02 Å². The van der Waals surface area contributed by atoms with Crippen LogP contribution < -0.4 is 10.1 Å². The Hall–Kier alpha value is -2.67. The molecule has 0 aliphatic carbocycles. The molecular formula is C24H24ClN3O2S. The summed E-state index contributed by atoms with van der Waals surface area (Å²) in [6, 6.07) is 22.4. The van der Waals surface area contributed by atoms with E-state index in [0.717, 1.165) is 17.7 Å². The highest BCUT2D eigenvalue weighted by atomic mass is 35.5. The maximum absolute atomic E-state index is 5.97. The highest BCUT2D eigenvalue weighted by Gasteiger charge is 2.25. The van der Waals surface area contributed by atoms with Crippen molar-refractivity contribution in [1.29, 1.82) is 0 Å². The van der Waals surface area contributed by atoms with Gasteiger partial charge in [-0.3, -0.25) is 4.98 Å². The summed E-state index contributed by atoms with van der Waals surface area (Å²) in [6.07, 6.45) is 3.12. The summed E-state index contributed by atoms with van der Waals surface area (Å²) < 4.78 is 11.7. The van der Waals surface area contributed by atoms with Crippen molar-refractivity contribution >= 4 is 28.9 Å². The molecule has 1 aliphatic rings. The van der Waals surface area contributed by atoms with Crippen molar-refractivity contribution in [1.82, 2.24) is 15.2 Å². The number of hydrogen-bond acceptors (Lipinski definition) is 4. The summed E-state index contributed by atoms with van der Waals surface area (Å²) >= 11 is 11.8. The molecule has 1 N–H and O–H groups in total. The van der Waals surface area contributed by atoms with Gasteiger partial charge in [-0.25, -0.2) is 0 Å². The van der Waals surface area contributed by atoms with Crippen LogP contribution in [0.25, 0.3) is 0 Å².